The van der Waals surface area contributed by atoms with Crippen LogP contribution in [0.4, 0.5) is 0 Å². The van der Waals surface area contributed by atoms with Gasteiger partial charge >= 0.3 is 0 Å². The van der Waals surface area contributed by atoms with Gasteiger partial charge < -0.3 is 18.9 Å². The lowest BCUT2D eigenvalue weighted by atomic mass is 10.1. The molecule has 0 aliphatic carbocycles. The minimum atomic E-state index is -0.387. The molecule has 122 valence electrons. The van der Waals surface area contributed by atoms with Crippen molar-refractivity contribution >= 4 is 11.8 Å². The predicted octanol–water partition coefficient (Wildman–Crippen LogP) is 2.49. The molecule has 2 fully saturated rings. The van der Waals surface area contributed by atoms with Gasteiger partial charge in [0.2, 0.25) is 0 Å². The third kappa shape index (κ3) is 3.02. The smallest absolute Gasteiger partial charge is 0.190 e. The molecule has 0 unspecified atom stereocenters. The summed E-state index contributed by atoms with van der Waals surface area (Å²) >= 11 is 1.58. The summed E-state index contributed by atoms with van der Waals surface area (Å²) in [5.41, 5.74) is 2.00. The Morgan fingerprint density at radius 3 is 2.96 bits per heavy atom. The molecule has 0 saturated carbocycles. The fraction of sp³-hybridized carbons (Fsp3) is 0.438. The number of thioether (sulfide) groups is 1. The number of rotatable bonds is 5. The van der Waals surface area contributed by atoms with Gasteiger partial charge in [0.1, 0.15) is 23.3 Å². The second-order valence-corrected chi connectivity index (χ2v) is 6.29. The lowest BCUT2D eigenvalue weighted by molar-refractivity contribution is -0.137. The minimum Gasteiger partial charge on any atom is -0.367 e. The summed E-state index contributed by atoms with van der Waals surface area (Å²) < 4.78 is 23.2. The van der Waals surface area contributed by atoms with E-state index in [-0.39, 0.29) is 31.4 Å². The van der Waals surface area contributed by atoms with E-state index in [0.717, 1.165) is 16.3 Å². The minimum absolute atomic E-state index is 0.218. The Bertz CT molecular complexity index is 651. The van der Waals surface area contributed by atoms with Crippen molar-refractivity contribution in [2.45, 2.75) is 36.2 Å². The predicted molar refractivity (Wildman–Crippen MR) is 83.8 cm³/mol. The average molecular weight is 334 g/mol. The highest BCUT2D eigenvalue weighted by atomic mass is 32.2. The van der Waals surface area contributed by atoms with Crippen LogP contribution >= 0.6 is 11.8 Å². The van der Waals surface area contributed by atoms with Crippen LogP contribution in [0, 0.1) is 0 Å². The van der Waals surface area contributed by atoms with E-state index in [9.17, 15) is 0 Å². The van der Waals surface area contributed by atoms with Gasteiger partial charge in [0.15, 0.2) is 13.1 Å². The van der Waals surface area contributed by atoms with Crippen LogP contribution in [0.2, 0.25) is 0 Å². The number of ether oxygens (including phenoxy) is 4. The quantitative estimate of drug-likeness (QED) is 0.848. The number of nitrogens with zero attached hydrogens (tertiary/aromatic N) is 1. The van der Waals surface area contributed by atoms with Gasteiger partial charge in [0.25, 0.3) is 0 Å². The van der Waals surface area contributed by atoms with Crippen molar-refractivity contribution in [2.75, 3.05) is 13.0 Å². The number of hydrogen-bond acceptors (Lipinski definition) is 6. The zero-order valence-electron chi connectivity index (χ0n) is 12.7. The van der Waals surface area contributed by atoms with Crippen molar-refractivity contribution in [3.05, 3.63) is 47.7 Å². The summed E-state index contributed by atoms with van der Waals surface area (Å²) in [6, 6.07) is 12.0. The van der Waals surface area contributed by atoms with Gasteiger partial charge in [-0.05, 0) is 17.9 Å². The molecule has 0 amide bonds. The number of aromatic nitrogens is 2. The van der Waals surface area contributed by atoms with Crippen molar-refractivity contribution in [2.24, 2.45) is 0 Å². The standard InChI is InChI=1S/C16H18N2O4S/c1-23-12-7-11(17-18-12)13-14(15-16(22-13)21-9-20-15)19-8-10-5-3-2-4-6-10/h2-7,13-16H,8-9H2,1H3,(H,17,18)/t13-,14+,15-,16+/m1/s1. The van der Waals surface area contributed by atoms with Crippen molar-refractivity contribution in [3.63, 3.8) is 0 Å². The first-order valence-electron chi connectivity index (χ1n) is 7.48. The molecule has 7 heteroatoms. The van der Waals surface area contributed by atoms with Crippen molar-refractivity contribution in [1.82, 2.24) is 10.2 Å². The van der Waals surface area contributed by atoms with Crippen LogP contribution in [0.3, 0.4) is 0 Å². The first-order chi connectivity index (χ1) is 11.3. The molecule has 0 radical (unpaired) electrons. The highest BCUT2D eigenvalue weighted by Gasteiger charge is 2.51. The second kappa shape index (κ2) is 6.62. The molecule has 2 aromatic rings. The van der Waals surface area contributed by atoms with E-state index in [1.807, 2.05) is 42.7 Å². The van der Waals surface area contributed by atoms with Crippen LogP contribution in [0.15, 0.2) is 41.4 Å². The Hall–Kier alpha value is -1.38. The third-order valence-corrected chi connectivity index (χ3v) is 4.67. The summed E-state index contributed by atoms with van der Waals surface area (Å²) in [5.74, 6) is 0. The van der Waals surface area contributed by atoms with Gasteiger partial charge in [-0.1, -0.05) is 30.3 Å². The first kappa shape index (κ1) is 15.2. The second-order valence-electron chi connectivity index (χ2n) is 5.47. The molecular weight excluding hydrogens is 316 g/mol. The summed E-state index contributed by atoms with van der Waals surface area (Å²) in [7, 11) is 0. The molecular formula is C16H18N2O4S. The molecule has 2 saturated heterocycles. The zero-order chi connectivity index (χ0) is 15.6. The van der Waals surface area contributed by atoms with Crippen molar-refractivity contribution in [1.29, 1.82) is 0 Å². The van der Waals surface area contributed by atoms with Gasteiger partial charge in [0, 0.05) is 0 Å². The largest absolute Gasteiger partial charge is 0.367 e. The van der Waals surface area contributed by atoms with Crippen LogP contribution in [-0.2, 0) is 25.6 Å². The molecule has 1 aromatic heterocycles. The number of hydrogen-bond donors (Lipinski definition) is 1. The third-order valence-electron chi connectivity index (χ3n) is 4.04. The number of aromatic amines is 1. The number of nitrogens with one attached hydrogen (secondary N) is 1. The Morgan fingerprint density at radius 1 is 1.30 bits per heavy atom. The zero-order valence-corrected chi connectivity index (χ0v) is 13.5. The monoisotopic (exact) mass is 334 g/mol. The molecule has 2 aliphatic heterocycles. The van der Waals surface area contributed by atoms with Crippen LogP contribution < -0.4 is 0 Å². The summed E-state index contributed by atoms with van der Waals surface area (Å²) in [4.78, 5) is 0. The summed E-state index contributed by atoms with van der Waals surface area (Å²) in [5, 5.41) is 8.20. The maximum atomic E-state index is 6.13. The van der Waals surface area contributed by atoms with E-state index < -0.39 is 0 Å². The fourth-order valence-corrected chi connectivity index (χ4v) is 3.27. The Morgan fingerprint density at radius 2 is 2.17 bits per heavy atom. The normalized spacial score (nSPS) is 29.8. The Balaban J connectivity index is 1.52. The SMILES string of the molecule is CSc1cc([C@H]2O[C@@H]3OCO[C@@H]3[C@H]2OCc2ccccc2)[nH]n1. The number of fused-ring (bicyclic) bond motifs is 1. The topological polar surface area (TPSA) is 65.6 Å². The highest BCUT2D eigenvalue weighted by Crippen LogP contribution is 2.40. The lowest BCUT2D eigenvalue weighted by Crippen LogP contribution is -2.31. The van der Waals surface area contributed by atoms with Crippen LogP contribution in [0.5, 0.6) is 0 Å². The molecule has 0 bridgehead atoms. The Kier molecular flexibility index (Phi) is 4.37. The molecule has 2 aliphatic rings. The number of H-pyrrole nitrogens is 1. The van der Waals surface area contributed by atoms with Crippen LogP contribution in [0.1, 0.15) is 17.4 Å². The fourth-order valence-electron chi connectivity index (χ4n) is 2.89. The summed E-state index contributed by atoms with van der Waals surface area (Å²) in [6.45, 7) is 0.744. The molecule has 4 rings (SSSR count). The molecule has 23 heavy (non-hydrogen) atoms. The number of benzene rings is 1. The maximum Gasteiger partial charge on any atom is 0.190 e. The molecule has 3 heterocycles. The van der Waals surface area contributed by atoms with E-state index in [1.54, 1.807) is 11.8 Å². The summed E-state index contributed by atoms with van der Waals surface area (Å²) in [6.07, 6.45) is 0.867. The van der Waals surface area contributed by atoms with E-state index in [2.05, 4.69) is 10.2 Å². The molecule has 1 aromatic carbocycles. The van der Waals surface area contributed by atoms with Crippen LogP contribution in [0.25, 0.3) is 0 Å². The lowest BCUT2D eigenvalue weighted by Gasteiger charge is -2.21. The molecule has 6 nitrogen and oxygen atoms in total. The van der Waals surface area contributed by atoms with E-state index in [0.29, 0.717) is 6.61 Å². The molecule has 0 spiro atoms. The first-order valence-corrected chi connectivity index (χ1v) is 8.71. The average Bonchev–Trinajstić information content (AvgIpc) is 3.29. The molecule has 4 atom stereocenters. The highest BCUT2D eigenvalue weighted by molar-refractivity contribution is 7.98. The Labute approximate surface area is 138 Å². The molecule has 1 N–H and O–H groups in total. The van der Waals surface area contributed by atoms with Gasteiger partial charge in [-0.2, -0.15) is 5.10 Å². The van der Waals surface area contributed by atoms with E-state index >= 15 is 0 Å². The van der Waals surface area contributed by atoms with Gasteiger partial charge in [-0.15, -0.1) is 11.8 Å². The van der Waals surface area contributed by atoms with Gasteiger partial charge in [-0.25, -0.2) is 0 Å². The van der Waals surface area contributed by atoms with E-state index in [4.69, 9.17) is 18.9 Å². The van der Waals surface area contributed by atoms with Crippen molar-refractivity contribution < 1.29 is 18.9 Å². The van der Waals surface area contributed by atoms with Crippen molar-refractivity contribution in [3.8, 4) is 0 Å². The van der Waals surface area contributed by atoms with Crippen LogP contribution in [-0.4, -0.2) is 41.7 Å². The maximum absolute atomic E-state index is 6.13. The van der Waals surface area contributed by atoms with E-state index in [1.165, 1.54) is 0 Å². The van der Waals surface area contributed by atoms with Gasteiger partial charge in [0.05, 0.1) is 12.3 Å². The van der Waals surface area contributed by atoms with Gasteiger partial charge in [-0.3, -0.25) is 5.10 Å².